The third kappa shape index (κ3) is 7.65. The van der Waals surface area contributed by atoms with Crippen molar-refractivity contribution in [2.75, 3.05) is 26.6 Å². The van der Waals surface area contributed by atoms with Gasteiger partial charge in [0.1, 0.15) is 24.9 Å². The van der Waals surface area contributed by atoms with E-state index in [0.29, 0.717) is 18.1 Å². The number of rotatable bonds is 8. The predicted molar refractivity (Wildman–Crippen MR) is 165 cm³/mol. The summed E-state index contributed by atoms with van der Waals surface area (Å²) in [4.78, 5) is 16.7. The molecule has 0 fully saturated rings. The van der Waals surface area contributed by atoms with E-state index in [9.17, 15) is 9.90 Å². The van der Waals surface area contributed by atoms with Crippen molar-refractivity contribution in [1.82, 2.24) is 9.36 Å². The Bertz CT molecular complexity index is 1540. The van der Waals surface area contributed by atoms with Crippen LogP contribution in [-0.4, -0.2) is 67.3 Å². The predicted octanol–water partition coefficient (Wildman–Crippen LogP) is 6.21. The number of ether oxygens (including phenoxy) is 5. The number of benzene rings is 2. The highest BCUT2D eigenvalue weighted by molar-refractivity contribution is 7.13. The summed E-state index contributed by atoms with van der Waals surface area (Å²) >= 11 is 1.23. The zero-order chi connectivity index (χ0) is 29.7. The van der Waals surface area contributed by atoms with Gasteiger partial charge in [-0.15, -0.1) is 0 Å². The second-order valence-corrected chi connectivity index (χ2v) is 18.0. The number of aromatic nitrogens is 2. The number of aryl methyl sites for hydroxylation is 1. The van der Waals surface area contributed by atoms with Gasteiger partial charge < -0.3 is 28.8 Å². The van der Waals surface area contributed by atoms with Crippen molar-refractivity contribution in [2.45, 2.75) is 51.2 Å². The first-order valence-electron chi connectivity index (χ1n) is 13.9. The van der Waals surface area contributed by atoms with Crippen LogP contribution in [0.3, 0.4) is 0 Å². The molecule has 2 aromatic carbocycles. The van der Waals surface area contributed by atoms with Crippen LogP contribution in [0.2, 0.25) is 25.7 Å². The second-order valence-electron chi connectivity index (χ2n) is 11.6. The topological polar surface area (TPSA) is 109 Å². The Labute approximate surface area is 250 Å². The fourth-order valence-electron chi connectivity index (χ4n) is 4.63. The molecule has 1 N–H and O–H groups in total. The smallest absolute Gasteiger partial charge is 0.345 e. The molecular formula is C31H36N2O7SSi. The quantitative estimate of drug-likeness (QED) is 0.142. The number of nitrogens with zero attached hydrogens (tertiary/aromatic N) is 2. The van der Waals surface area contributed by atoms with E-state index in [-0.39, 0.29) is 32.3 Å². The van der Waals surface area contributed by atoms with Crippen LogP contribution >= 0.6 is 11.5 Å². The molecule has 11 heteroatoms. The van der Waals surface area contributed by atoms with E-state index in [2.05, 4.69) is 29.0 Å². The van der Waals surface area contributed by atoms with Crippen molar-refractivity contribution in [3.63, 3.8) is 0 Å². The third-order valence-corrected chi connectivity index (χ3v) is 9.36. The van der Waals surface area contributed by atoms with Crippen molar-refractivity contribution >= 4 is 35.7 Å². The Morgan fingerprint density at radius 2 is 1.93 bits per heavy atom. The van der Waals surface area contributed by atoms with Crippen LogP contribution in [0, 0.1) is 6.92 Å². The van der Waals surface area contributed by atoms with Crippen LogP contribution in [-0.2, 0) is 20.7 Å². The molecule has 0 saturated heterocycles. The van der Waals surface area contributed by atoms with E-state index in [1.54, 1.807) is 12.4 Å². The van der Waals surface area contributed by atoms with Gasteiger partial charge in [0, 0.05) is 39.1 Å². The van der Waals surface area contributed by atoms with Gasteiger partial charge in [0.05, 0.1) is 16.7 Å². The monoisotopic (exact) mass is 608 g/mol. The molecule has 42 heavy (non-hydrogen) atoms. The summed E-state index contributed by atoms with van der Waals surface area (Å²) in [6, 6.07) is 14.2. The van der Waals surface area contributed by atoms with Gasteiger partial charge in [-0.25, -0.2) is 4.79 Å². The molecule has 2 aliphatic rings. The Morgan fingerprint density at radius 1 is 1.07 bits per heavy atom. The molecule has 2 aromatic heterocycles. The lowest BCUT2D eigenvalue weighted by molar-refractivity contribution is -0.145. The Balaban J connectivity index is 1.45. The van der Waals surface area contributed by atoms with Crippen LogP contribution < -0.4 is 14.2 Å². The number of carbonyl (C=O) groups is 1. The van der Waals surface area contributed by atoms with Crippen LogP contribution in [0.5, 0.6) is 17.4 Å². The summed E-state index contributed by atoms with van der Waals surface area (Å²) in [5.74, 6) is 0.479. The number of pyridine rings is 1. The van der Waals surface area contributed by atoms with Crippen LogP contribution in [0.4, 0.5) is 0 Å². The lowest BCUT2D eigenvalue weighted by Gasteiger charge is -2.21. The summed E-state index contributed by atoms with van der Waals surface area (Å²) in [5, 5.41) is 10.8. The van der Waals surface area contributed by atoms with E-state index in [1.165, 1.54) is 11.5 Å². The highest BCUT2D eigenvalue weighted by Crippen LogP contribution is 2.39. The van der Waals surface area contributed by atoms with E-state index >= 15 is 0 Å². The summed E-state index contributed by atoms with van der Waals surface area (Å²) in [6.45, 7) is 10.3. The first-order valence-corrected chi connectivity index (χ1v) is 18.4. The van der Waals surface area contributed by atoms with Crippen molar-refractivity contribution in [1.29, 1.82) is 0 Å². The first kappa shape index (κ1) is 30.0. The normalized spacial score (nSPS) is 17.2. The molecule has 222 valence electrons. The van der Waals surface area contributed by atoms with Gasteiger partial charge in [-0.3, -0.25) is 4.98 Å². The number of aliphatic carboxylic acids is 1. The standard InChI is InChI=1S/C31H36N2O7SSi/c1-20-12-23-8-9-25(20)26-15-32-16-28-29(26)30(33-41-28)40-27(31(34)35)14-21-6-5-7-22(13-21)38-18-24(39-23)17-37-19-36-10-11-42(2,3)4/h5-9,12-13,15-16,24,27H,10-11,14,17-19H2,1-4H3,(H,34,35). The number of carboxylic acid groups (broad SMARTS) is 1. The average Bonchev–Trinajstić information content (AvgIpc) is 3.35. The molecular weight excluding hydrogens is 573 g/mol. The molecule has 0 saturated carbocycles. The minimum atomic E-state index is -1.18. The van der Waals surface area contributed by atoms with Crippen molar-refractivity contribution in [2.24, 2.45) is 0 Å². The van der Waals surface area contributed by atoms with Gasteiger partial charge in [0.2, 0.25) is 12.0 Å². The van der Waals surface area contributed by atoms with Gasteiger partial charge >= 0.3 is 5.97 Å². The zero-order valence-corrected chi connectivity index (χ0v) is 26.1. The minimum absolute atomic E-state index is 0.136. The Morgan fingerprint density at radius 3 is 2.71 bits per heavy atom. The van der Waals surface area contributed by atoms with E-state index in [0.717, 1.165) is 38.4 Å². The van der Waals surface area contributed by atoms with Crippen LogP contribution in [0.1, 0.15) is 11.1 Å². The average molecular weight is 609 g/mol. The Kier molecular flexibility index (Phi) is 9.42. The summed E-state index contributed by atoms with van der Waals surface area (Å²) < 4.78 is 35.3. The van der Waals surface area contributed by atoms with Gasteiger partial charge in [-0.05, 0) is 65.5 Å². The van der Waals surface area contributed by atoms with Gasteiger partial charge in [-0.2, -0.15) is 4.37 Å². The maximum Gasteiger partial charge on any atom is 0.345 e. The molecule has 0 amide bonds. The van der Waals surface area contributed by atoms with E-state index in [4.69, 9.17) is 23.7 Å². The fraction of sp³-hybridized carbons (Fsp3) is 0.387. The highest BCUT2D eigenvalue weighted by Gasteiger charge is 2.25. The maximum atomic E-state index is 12.3. The van der Waals surface area contributed by atoms with Crippen LogP contribution in [0.15, 0.2) is 54.9 Å². The number of carboxylic acids is 1. The molecule has 4 aromatic rings. The third-order valence-electron chi connectivity index (χ3n) is 6.89. The van der Waals surface area contributed by atoms with Crippen LogP contribution in [0.25, 0.3) is 21.2 Å². The summed E-state index contributed by atoms with van der Waals surface area (Å²) in [5.41, 5.74) is 3.46. The van der Waals surface area contributed by atoms with Crippen molar-refractivity contribution in [3.05, 3.63) is 66.0 Å². The lowest BCUT2D eigenvalue weighted by Crippen LogP contribution is -2.31. The molecule has 9 nitrogen and oxygen atoms in total. The SMILES string of the molecule is Cc1cc2ccc1-c1cncc3snc(c13)OC(C(=O)O)Cc1cccc(c1)OCC(COCOCC[Si](C)(C)C)O2. The molecule has 2 aliphatic heterocycles. The largest absolute Gasteiger partial charge is 0.490 e. The number of hydrogen-bond acceptors (Lipinski definition) is 9. The van der Waals surface area contributed by atoms with Gasteiger partial charge in [0.25, 0.3) is 0 Å². The molecule has 6 rings (SSSR count). The fourth-order valence-corrected chi connectivity index (χ4v) is 6.10. The molecule has 2 unspecified atom stereocenters. The molecule has 4 bridgehead atoms. The molecule has 0 radical (unpaired) electrons. The number of fused-ring (bicyclic) bond motifs is 7. The minimum Gasteiger partial charge on any atom is -0.490 e. The number of hydrogen-bond donors (Lipinski definition) is 1. The molecule has 0 aliphatic carbocycles. The van der Waals surface area contributed by atoms with Gasteiger partial charge in [-0.1, -0.05) is 37.8 Å². The summed E-state index contributed by atoms with van der Waals surface area (Å²) in [6.07, 6.45) is 2.05. The van der Waals surface area contributed by atoms with Crippen molar-refractivity contribution in [3.8, 4) is 28.5 Å². The Hall–Kier alpha value is -3.51. The maximum absolute atomic E-state index is 12.3. The van der Waals surface area contributed by atoms with E-state index in [1.807, 2.05) is 49.4 Å². The van der Waals surface area contributed by atoms with E-state index < -0.39 is 26.3 Å². The molecule has 0 spiro atoms. The first-order chi connectivity index (χ1) is 20.2. The molecule has 2 atom stereocenters. The second kappa shape index (κ2) is 13.2. The molecule has 4 heterocycles. The van der Waals surface area contributed by atoms with Crippen molar-refractivity contribution < 1.29 is 33.6 Å². The van der Waals surface area contributed by atoms with Gasteiger partial charge in [0.15, 0.2) is 6.10 Å². The highest BCUT2D eigenvalue weighted by atomic mass is 32.1. The lowest BCUT2D eigenvalue weighted by atomic mass is 9.99. The zero-order valence-electron chi connectivity index (χ0n) is 24.3. The summed E-state index contributed by atoms with van der Waals surface area (Å²) in [7, 11) is -1.18.